The van der Waals surface area contributed by atoms with Crippen molar-refractivity contribution >= 4 is 11.4 Å². The zero-order valence-electron chi connectivity index (χ0n) is 10.7. The van der Waals surface area contributed by atoms with Crippen LogP contribution < -0.4 is 10.6 Å². The van der Waals surface area contributed by atoms with Crippen LogP contribution >= 0.6 is 0 Å². The molecule has 1 aromatic rings. The molecule has 0 bridgehead atoms. The molecule has 0 radical (unpaired) electrons. The zero-order chi connectivity index (χ0) is 13.3. The number of nitrogens with zero attached hydrogens (tertiary/aromatic N) is 1. The highest BCUT2D eigenvalue weighted by Gasteiger charge is 2.28. The Morgan fingerprint density at radius 3 is 2.78 bits per heavy atom. The van der Waals surface area contributed by atoms with Crippen molar-refractivity contribution in [1.82, 2.24) is 0 Å². The minimum atomic E-state index is -0.598. The summed E-state index contributed by atoms with van der Waals surface area (Å²) in [6.45, 7) is 2.91. The van der Waals surface area contributed by atoms with Gasteiger partial charge in [-0.1, -0.05) is 6.92 Å². The number of hydrogen-bond acceptors (Lipinski definition) is 3. The van der Waals surface area contributed by atoms with Crippen molar-refractivity contribution in [3.8, 4) is 0 Å². The van der Waals surface area contributed by atoms with Gasteiger partial charge >= 0.3 is 0 Å². The van der Waals surface area contributed by atoms with E-state index in [0.717, 1.165) is 6.42 Å². The summed E-state index contributed by atoms with van der Waals surface area (Å²) in [5, 5.41) is 0. The molecule has 1 heterocycles. The molecule has 100 valence electrons. The van der Waals surface area contributed by atoms with Crippen LogP contribution in [0, 0.1) is 11.6 Å². The molecule has 5 heteroatoms. The molecule has 0 saturated carbocycles. The van der Waals surface area contributed by atoms with Crippen molar-refractivity contribution in [3.05, 3.63) is 23.3 Å². The van der Waals surface area contributed by atoms with Crippen LogP contribution in [-0.4, -0.2) is 26.3 Å². The smallest absolute Gasteiger partial charge is 0.154 e. The van der Waals surface area contributed by atoms with Crippen LogP contribution in [-0.2, 0) is 11.2 Å². The highest BCUT2D eigenvalue weighted by molar-refractivity contribution is 5.61. The fourth-order valence-electron chi connectivity index (χ4n) is 2.44. The molecule has 1 fully saturated rings. The lowest BCUT2D eigenvalue weighted by molar-refractivity contribution is 0.121. The number of nitrogens with two attached hydrogens (primary N) is 1. The molecule has 1 atom stereocenters. The zero-order valence-corrected chi connectivity index (χ0v) is 10.7. The van der Waals surface area contributed by atoms with Gasteiger partial charge in [0.2, 0.25) is 0 Å². The van der Waals surface area contributed by atoms with E-state index in [1.807, 2.05) is 0 Å². The molecule has 18 heavy (non-hydrogen) atoms. The number of hydrogen-bond donors (Lipinski definition) is 1. The lowest BCUT2D eigenvalue weighted by Crippen LogP contribution is -2.25. The summed E-state index contributed by atoms with van der Waals surface area (Å²) in [4.78, 5) is 1.69. The lowest BCUT2D eigenvalue weighted by atomic mass is 10.1. The minimum absolute atomic E-state index is 0.0283. The number of rotatable bonds is 3. The topological polar surface area (TPSA) is 38.5 Å². The van der Waals surface area contributed by atoms with Gasteiger partial charge in [0.05, 0.1) is 6.10 Å². The maximum atomic E-state index is 14.3. The summed E-state index contributed by atoms with van der Waals surface area (Å²) in [5.41, 5.74) is 6.22. The predicted octanol–water partition coefficient (Wildman–Crippen LogP) is 2.33. The van der Waals surface area contributed by atoms with Gasteiger partial charge in [0, 0.05) is 31.5 Å². The number of nitrogen functional groups attached to an aromatic ring is 1. The standard InChI is InChI=1S/C13H18F2N2O/c1-3-9-11(16)6-10(14)13(12(9)15)17-5-4-8(7-17)18-2/h6,8H,3-5,7,16H2,1-2H3/t8-/m0/s1. The van der Waals surface area contributed by atoms with Gasteiger partial charge in [-0.25, -0.2) is 8.78 Å². The van der Waals surface area contributed by atoms with E-state index in [1.54, 1.807) is 18.9 Å². The van der Waals surface area contributed by atoms with E-state index in [0.29, 0.717) is 25.1 Å². The molecule has 0 amide bonds. The summed E-state index contributed by atoms with van der Waals surface area (Å²) in [6, 6.07) is 1.21. The van der Waals surface area contributed by atoms with Gasteiger partial charge in [0.1, 0.15) is 5.69 Å². The number of halogens is 2. The summed E-state index contributed by atoms with van der Waals surface area (Å²) >= 11 is 0. The lowest BCUT2D eigenvalue weighted by Gasteiger charge is -2.21. The first-order valence-electron chi connectivity index (χ1n) is 6.12. The molecular formula is C13H18F2N2O. The number of methoxy groups -OCH3 is 1. The first-order chi connectivity index (χ1) is 8.58. The largest absolute Gasteiger partial charge is 0.398 e. The van der Waals surface area contributed by atoms with E-state index in [2.05, 4.69) is 0 Å². The van der Waals surface area contributed by atoms with Crippen molar-refractivity contribution in [3.63, 3.8) is 0 Å². The predicted molar refractivity (Wildman–Crippen MR) is 67.8 cm³/mol. The van der Waals surface area contributed by atoms with E-state index in [1.165, 1.54) is 6.07 Å². The van der Waals surface area contributed by atoms with E-state index in [4.69, 9.17) is 10.5 Å². The molecule has 1 saturated heterocycles. The fraction of sp³-hybridized carbons (Fsp3) is 0.538. The fourth-order valence-corrected chi connectivity index (χ4v) is 2.44. The van der Waals surface area contributed by atoms with Crippen LogP contribution in [0.4, 0.5) is 20.2 Å². The third-order valence-corrected chi connectivity index (χ3v) is 3.48. The maximum absolute atomic E-state index is 14.3. The molecule has 3 nitrogen and oxygen atoms in total. The van der Waals surface area contributed by atoms with Gasteiger partial charge in [-0.2, -0.15) is 0 Å². The van der Waals surface area contributed by atoms with Gasteiger partial charge in [-0.05, 0) is 18.9 Å². The first kappa shape index (κ1) is 13.1. The van der Waals surface area contributed by atoms with Crippen molar-refractivity contribution in [2.24, 2.45) is 0 Å². The summed E-state index contributed by atoms with van der Waals surface area (Å²) in [7, 11) is 1.61. The van der Waals surface area contributed by atoms with Crippen molar-refractivity contribution < 1.29 is 13.5 Å². The molecule has 1 aromatic carbocycles. The first-order valence-corrected chi connectivity index (χ1v) is 6.12. The van der Waals surface area contributed by atoms with Gasteiger partial charge in [-0.15, -0.1) is 0 Å². The normalized spacial score (nSPS) is 19.6. The van der Waals surface area contributed by atoms with Gasteiger partial charge in [0.25, 0.3) is 0 Å². The minimum Gasteiger partial charge on any atom is -0.398 e. The Balaban J connectivity index is 2.39. The second-order valence-corrected chi connectivity index (χ2v) is 4.53. The summed E-state index contributed by atoms with van der Waals surface area (Å²) in [6.07, 6.45) is 1.26. The second-order valence-electron chi connectivity index (χ2n) is 4.53. The SMILES string of the molecule is CCc1c(N)cc(F)c(N2CC[C@H](OC)C2)c1F. The van der Waals surface area contributed by atoms with Crippen LogP contribution in [0.3, 0.4) is 0 Å². The number of benzene rings is 1. The average molecular weight is 256 g/mol. The Morgan fingerprint density at radius 2 is 2.22 bits per heavy atom. The van der Waals surface area contributed by atoms with Crippen molar-refractivity contribution in [2.75, 3.05) is 30.8 Å². The van der Waals surface area contributed by atoms with Crippen LogP contribution in [0.15, 0.2) is 6.07 Å². The Labute approximate surface area is 106 Å². The van der Waals surface area contributed by atoms with Crippen molar-refractivity contribution in [2.45, 2.75) is 25.9 Å². The Kier molecular flexibility index (Phi) is 3.71. The highest BCUT2D eigenvalue weighted by atomic mass is 19.1. The third-order valence-electron chi connectivity index (χ3n) is 3.48. The molecule has 1 aliphatic rings. The molecule has 0 unspecified atom stereocenters. The maximum Gasteiger partial charge on any atom is 0.154 e. The molecule has 2 N–H and O–H groups in total. The molecule has 0 spiro atoms. The number of ether oxygens (including phenoxy) is 1. The Bertz CT molecular complexity index is 451. The average Bonchev–Trinajstić information content (AvgIpc) is 2.77. The van der Waals surface area contributed by atoms with Gasteiger partial charge < -0.3 is 15.4 Å². The van der Waals surface area contributed by atoms with Crippen molar-refractivity contribution in [1.29, 1.82) is 0 Å². The summed E-state index contributed by atoms with van der Waals surface area (Å²) < 4.78 is 33.4. The summed E-state index contributed by atoms with van der Waals surface area (Å²) in [5.74, 6) is -1.13. The molecular weight excluding hydrogens is 238 g/mol. The van der Waals surface area contributed by atoms with Crippen LogP contribution in [0.1, 0.15) is 18.9 Å². The monoisotopic (exact) mass is 256 g/mol. The highest BCUT2D eigenvalue weighted by Crippen LogP contribution is 2.32. The van der Waals surface area contributed by atoms with E-state index < -0.39 is 11.6 Å². The number of anilines is 2. The van der Waals surface area contributed by atoms with Crippen LogP contribution in [0.2, 0.25) is 0 Å². The van der Waals surface area contributed by atoms with Crippen LogP contribution in [0.25, 0.3) is 0 Å². The second kappa shape index (κ2) is 5.10. The van der Waals surface area contributed by atoms with E-state index >= 15 is 0 Å². The molecule has 0 aliphatic carbocycles. The Morgan fingerprint density at radius 1 is 1.50 bits per heavy atom. The van der Waals surface area contributed by atoms with E-state index in [-0.39, 0.29) is 17.5 Å². The van der Waals surface area contributed by atoms with Gasteiger partial charge in [0.15, 0.2) is 11.6 Å². The molecule has 1 aliphatic heterocycles. The van der Waals surface area contributed by atoms with Gasteiger partial charge in [-0.3, -0.25) is 0 Å². The molecule has 2 rings (SSSR count). The molecule has 0 aromatic heterocycles. The third kappa shape index (κ3) is 2.14. The van der Waals surface area contributed by atoms with Crippen LogP contribution in [0.5, 0.6) is 0 Å². The van der Waals surface area contributed by atoms with E-state index in [9.17, 15) is 8.78 Å². The quantitative estimate of drug-likeness (QED) is 0.844. The Hall–Kier alpha value is -1.36.